The fourth-order valence-corrected chi connectivity index (χ4v) is 0.726. The highest BCUT2D eigenvalue weighted by atomic mass is 35.5. The molecule has 0 radical (unpaired) electrons. The summed E-state index contributed by atoms with van der Waals surface area (Å²) in [5.74, 6) is -1.83. The van der Waals surface area contributed by atoms with E-state index in [0.717, 1.165) is 0 Å². The van der Waals surface area contributed by atoms with E-state index in [1.165, 1.54) is 0 Å². The third kappa shape index (κ3) is 10.6. The number of hydrogen-bond donors (Lipinski definition) is 5. The minimum absolute atomic E-state index is 0. The van der Waals surface area contributed by atoms with E-state index in [4.69, 9.17) is 5.73 Å². The Morgan fingerprint density at radius 1 is 1.00 bits per heavy atom. The number of halogens is 1. The van der Waals surface area contributed by atoms with Crippen LogP contribution in [0, 0.1) is 0 Å². The summed E-state index contributed by atoms with van der Waals surface area (Å²) in [4.78, 5) is 50.7. The van der Waals surface area contributed by atoms with Gasteiger partial charge in [0.05, 0.1) is 6.42 Å². The Kier molecular flexibility index (Phi) is 9.77. The number of primary amides is 2. The highest BCUT2D eigenvalue weighted by molar-refractivity contribution is 5.85. The second-order valence-corrected chi connectivity index (χ2v) is 2.97. The molecule has 0 fully saturated rings. The van der Waals surface area contributed by atoms with Crippen molar-refractivity contribution < 1.29 is 28.9 Å². The number of nitrogens with one attached hydrogen (secondary N) is 2. The van der Waals surface area contributed by atoms with Gasteiger partial charge in [-0.25, -0.2) is 19.2 Å². The first-order valence-electron chi connectivity index (χ1n) is 4.59. The zero-order valence-corrected chi connectivity index (χ0v) is 10.4. The van der Waals surface area contributed by atoms with E-state index in [1.54, 1.807) is 11.0 Å². The van der Waals surface area contributed by atoms with Gasteiger partial charge in [-0.2, -0.15) is 11.0 Å². The quantitative estimate of drug-likeness (QED) is 0.363. The van der Waals surface area contributed by atoms with E-state index in [2.05, 4.69) is 21.1 Å². The summed E-state index contributed by atoms with van der Waals surface area (Å²) >= 11 is 0. The van der Waals surface area contributed by atoms with Crippen LogP contribution in [-0.4, -0.2) is 30.0 Å². The van der Waals surface area contributed by atoms with Crippen molar-refractivity contribution in [3.05, 3.63) is 0 Å². The molecule has 12 heteroatoms. The largest absolute Gasteiger partial charge is 0.349 e. The Balaban J connectivity index is 0. The summed E-state index contributed by atoms with van der Waals surface area (Å²) in [7, 11) is 0. The highest BCUT2D eigenvalue weighted by Gasteiger charge is 2.18. The molecule has 8 N–H and O–H groups in total. The molecule has 0 heterocycles. The van der Waals surface area contributed by atoms with Crippen LogP contribution in [0.1, 0.15) is 12.8 Å². The molecule has 1 atom stereocenters. The summed E-state index contributed by atoms with van der Waals surface area (Å²) in [6.07, 6.45) is -0.397. The van der Waals surface area contributed by atoms with Gasteiger partial charge in [-0.15, -0.1) is 12.4 Å². The van der Waals surface area contributed by atoms with Gasteiger partial charge in [-0.05, 0) is 6.42 Å². The van der Waals surface area contributed by atoms with Crippen LogP contribution in [0.4, 0.5) is 9.59 Å². The van der Waals surface area contributed by atoms with Crippen molar-refractivity contribution in [3.63, 3.8) is 0 Å². The average Bonchev–Trinajstić information content (AvgIpc) is 2.30. The normalized spacial score (nSPS) is 10.4. The molecule has 11 nitrogen and oxygen atoms in total. The van der Waals surface area contributed by atoms with Crippen molar-refractivity contribution in [2.24, 2.45) is 17.2 Å². The zero-order chi connectivity index (χ0) is 14.1. The fraction of sp³-hybridized carbons (Fsp3) is 0.429. The predicted octanol–water partition coefficient (Wildman–Crippen LogP) is -2.23. The van der Waals surface area contributed by atoms with E-state index in [-0.39, 0.29) is 25.2 Å². The summed E-state index contributed by atoms with van der Waals surface area (Å²) in [5, 5.41) is 0. The first-order valence-corrected chi connectivity index (χ1v) is 4.59. The van der Waals surface area contributed by atoms with E-state index < -0.39 is 30.0 Å². The molecule has 0 saturated carbocycles. The highest BCUT2D eigenvalue weighted by Crippen LogP contribution is 1.97. The maximum atomic E-state index is 11.1. The molecular formula is C7H14ClN5O6. The topological polar surface area (TPSA) is 189 Å². The van der Waals surface area contributed by atoms with Crippen molar-refractivity contribution in [3.8, 4) is 0 Å². The summed E-state index contributed by atoms with van der Waals surface area (Å²) < 4.78 is 0. The molecule has 4 amide bonds. The molecule has 0 aromatic carbocycles. The van der Waals surface area contributed by atoms with Crippen molar-refractivity contribution >= 4 is 36.4 Å². The molecule has 110 valence electrons. The number of carbonyl (C=O) groups excluding carboxylic acids is 4. The third-order valence-corrected chi connectivity index (χ3v) is 1.48. The van der Waals surface area contributed by atoms with Crippen molar-refractivity contribution in [2.45, 2.75) is 18.9 Å². The van der Waals surface area contributed by atoms with Crippen molar-refractivity contribution in [1.29, 1.82) is 0 Å². The Morgan fingerprint density at radius 2 is 1.47 bits per heavy atom. The summed E-state index contributed by atoms with van der Waals surface area (Å²) in [6, 6.07) is -3.28. The van der Waals surface area contributed by atoms with Crippen LogP contribution < -0.4 is 28.2 Å². The molecule has 0 unspecified atom stereocenters. The van der Waals surface area contributed by atoms with Crippen LogP contribution >= 0.6 is 12.4 Å². The molecular weight excluding hydrogens is 286 g/mol. The molecule has 0 aromatic heterocycles. The molecule has 0 aliphatic carbocycles. The van der Waals surface area contributed by atoms with Gasteiger partial charge < -0.3 is 26.9 Å². The first-order chi connectivity index (χ1) is 8.32. The van der Waals surface area contributed by atoms with Crippen LogP contribution in [0.2, 0.25) is 0 Å². The standard InChI is InChI=1S/C7H13N5O6.ClH/c8-3(5(14)18-12-7(10)16)1-2-4(13)17-11-6(9)15;/h3H,1-2,8H2,(H3,9,11,15)(H3,10,12,16);1H/t3-;/m0./s1. The number of nitrogens with two attached hydrogens (primary N) is 3. The van der Waals surface area contributed by atoms with Crippen LogP contribution in [0.25, 0.3) is 0 Å². The molecule has 0 aliphatic rings. The van der Waals surface area contributed by atoms with Gasteiger partial charge in [0.2, 0.25) is 0 Å². The van der Waals surface area contributed by atoms with Gasteiger partial charge in [-0.1, -0.05) is 0 Å². The average molecular weight is 300 g/mol. The lowest BCUT2D eigenvalue weighted by atomic mass is 10.2. The Labute approximate surface area is 113 Å². The molecule has 0 saturated heterocycles. The molecule has 0 bridgehead atoms. The number of urea groups is 2. The van der Waals surface area contributed by atoms with E-state index in [9.17, 15) is 19.2 Å². The van der Waals surface area contributed by atoms with E-state index >= 15 is 0 Å². The van der Waals surface area contributed by atoms with E-state index in [1.807, 2.05) is 0 Å². The van der Waals surface area contributed by atoms with E-state index in [0.29, 0.717) is 0 Å². The van der Waals surface area contributed by atoms with Crippen LogP contribution in [0.15, 0.2) is 0 Å². The number of rotatable bonds is 4. The minimum atomic E-state index is -1.17. The van der Waals surface area contributed by atoms with Crippen LogP contribution in [-0.2, 0) is 19.3 Å². The SMILES string of the molecule is Cl.NC(=O)NOC(=O)CC[C@H](N)C(=O)ONC(N)=O. The van der Waals surface area contributed by atoms with Gasteiger partial charge in [0.25, 0.3) is 0 Å². The summed E-state index contributed by atoms with van der Waals surface area (Å²) in [6.45, 7) is 0. The molecule has 0 aliphatic heterocycles. The second-order valence-electron chi connectivity index (χ2n) is 2.97. The first kappa shape index (κ1) is 19.1. The Bertz CT molecular complexity index is 351. The van der Waals surface area contributed by atoms with Gasteiger partial charge in [0.1, 0.15) is 6.04 Å². The minimum Gasteiger partial charge on any atom is -0.349 e. The number of hydroxylamine groups is 2. The van der Waals surface area contributed by atoms with Gasteiger partial charge in [0.15, 0.2) is 0 Å². The maximum Gasteiger partial charge on any atom is 0.348 e. The third-order valence-electron chi connectivity index (χ3n) is 1.48. The van der Waals surface area contributed by atoms with Gasteiger partial charge >= 0.3 is 24.0 Å². The van der Waals surface area contributed by atoms with Crippen molar-refractivity contribution in [1.82, 2.24) is 11.0 Å². The second kappa shape index (κ2) is 9.73. The maximum absolute atomic E-state index is 11.1. The fourth-order valence-electron chi connectivity index (χ4n) is 0.726. The molecule has 0 aromatic rings. The lowest BCUT2D eigenvalue weighted by molar-refractivity contribution is -0.152. The lowest BCUT2D eigenvalue weighted by Crippen LogP contribution is -2.40. The van der Waals surface area contributed by atoms with Gasteiger partial charge in [-0.3, -0.25) is 0 Å². The lowest BCUT2D eigenvalue weighted by Gasteiger charge is -2.09. The van der Waals surface area contributed by atoms with Gasteiger partial charge in [0, 0.05) is 0 Å². The van der Waals surface area contributed by atoms with Crippen LogP contribution in [0.5, 0.6) is 0 Å². The predicted molar refractivity (Wildman–Crippen MR) is 62.1 cm³/mol. The Morgan fingerprint density at radius 3 is 1.95 bits per heavy atom. The number of carbonyl (C=O) groups is 4. The smallest absolute Gasteiger partial charge is 0.348 e. The van der Waals surface area contributed by atoms with Crippen molar-refractivity contribution in [2.75, 3.05) is 0 Å². The molecule has 0 spiro atoms. The Hall–Kier alpha value is -2.27. The number of hydrogen-bond acceptors (Lipinski definition) is 7. The summed E-state index contributed by atoms with van der Waals surface area (Å²) in [5.41, 5.74) is 17.8. The number of amides is 4. The monoisotopic (exact) mass is 299 g/mol. The zero-order valence-electron chi connectivity index (χ0n) is 9.58. The molecule has 0 rings (SSSR count). The van der Waals surface area contributed by atoms with Crippen LogP contribution in [0.3, 0.4) is 0 Å². The molecule has 19 heavy (non-hydrogen) atoms.